The van der Waals surface area contributed by atoms with Gasteiger partial charge < -0.3 is 14.2 Å². The summed E-state index contributed by atoms with van der Waals surface area (Å²) >= 11 is 0. The van der Waals surface area contributed by atoms with Crippen LogP contribution in [-0.2, 0) is 32.6 Å². The maximum absolute atomic E-state index is 13.5. The van der Waals surface area contributed by atoms with Crippen LogP contribution in [0.15, 0.2) is 61.2 Å². The van der Waals surface area contributed by atoms with Crippen molar-refractivity contribution in [1.29, 1.82) is 0 Å². The smallest absolute Gasteiger partial charge is 0.325 e. The lowest BCUT2D eigenvalue weighted by molar-refractivity contribution is -0.140. The number of hydrogen-bond donors (Lipinski definition) is 0. The predicted octanol–water partition coefficient (Wildman–Crippen LogP) is 3.54. The molecule has 168 valence electrons. The molecule has 1 atom stereocenters. The molecule has 0 aromatic heterocycles. The molecule has 2 aromatic carbocycles. The van der Waals surface area contributed by atoms with Crippen molar-refractivity contribution >= 4 is 16.0 Å². The van der Waals surface area contributed by atoms with E-state index in [9.17, 15) is 13.2 Å². The molecule has 0 aliphatic rings. The lowest BCUT2D eigenvalue weighted by Gasteiger charge is -2.26. The van der Waals surface area contributed by atoms with Crippen molar-refractivity contribution in [2.24, 2.45) is 0 Å². The Bertz CT molecular complexity index is 905. The lowest BCUT2D eigenvalue weighted by atomic mass is 10.2. The molecule has 1 unspecified atom stereocenters. The Hall–Kier alpha value is -2.84. The van der Waals surface area contributed by atoms with Crippen molar-refractivity contribution < 1.29 is 27.4 Å². The van der Waals surface area contributed by atoms with Crippen molar-refractivity contribution in [3.63, 3.8) is 0 Å². The standard InChI is InChI=1S/C23H29NO6S/c1-5-6-7-22(23(25)30-4)31(26,27)24(16-18-8-12-20(28-2)13-9-18)17-19-10-14-21(29-3)15-11-19/h5,8-15,22H,1,6-7,16-17H2,2-4H3. The molecular formula is C23H29NO6S. The number of esters is 1. The van der Waals surface area contributed by atoms with Gasteiger partial charge in [-0.15, -0.1) is 6.58 Å². The average Bonchev–Trinajstić information content (AvgIpc) is 2.79. The highest BCUT2D eigenvalue weighted by molar-refractivity contribution is 7.90. The Labute approximate surface area is 184 Å². The third-order valence-electron chi connectivity index (χ3n) is 4.85. The SMILES string of the molecule is C=CCCC(C(=O)OC)S(=O)(=O)N(Cc1ccc(OC)cc1)Cc1ccc(OC)cc1. The van der Waals surface area contributed by atoms with Gasteiger partial charge in [-0.2, -0.15) is 4.31 Å². The molecule has 0 bridgehead atoms. The molecule has 0 amide bonds. The van der Waals surface area contributed by atoms with Crippen LogP contribution in [0.2, 0.25) is 0 Å². The summed E-state index contributed by atoms with van der Waals surface area (Å²) in [5, 5.41) is -1.31. The van der Waals surface area contributed by atoms with Gasteiger partial charge in [-0.05, 0) is 48.2 Å². The minimum Gasteiger partial charge on any atom is -0.497 e. The molecule has 0 heterocycles. The van der Waals surface area contributed by atoms with Crippen molar-refractivity contribution in [1.82, 2.24) is 4.31 Å². The molecule has 2 rings (SSSR count). The molecule has 2 aromatic rings. The van der Waals surface area contributed by atoms with Crippen molar-refractivity contribution in [2.75, 3.05) is 21.3 Å². The van der Waals surface area contributed by atoms with E-state index in [2.05, 4.69) is 6.58 Å². The minimum absolute atomic E-state index is 0.0972. The second-order valence-electron chi connectivity index (χ2n) is 6.89. The minimum atomic E-state index is -4.03. The first-order valence-corrected chi connectivity index (χ1v) is 11.3. The summed E-state index contributed by atoms with van der Waals surface area (Å²) in [6.07, 6.45) is 2.06. The third-order valence-corrected chi connectivity index (χ3v) is 6.98. The van der Waals surface area contributed by atoms with E-state index in [1.54, 1.807) is 68.8 Å². The van der Waals surface area contributed by atoms with Crippen LogP contribution in [0.4, 0.5) is 0 Å². The molecular weight excluding hydrogens is 418 g/mol. The number of allylic oxidation sites excluding steroid dienone is 1. The fraction of sp³-hybridized carbons (Fsp3) is 0.348. The van der Waals surface area contributed by atoms with Gasteiger partial charge >= 0.3 is 5.97 Å². The quantitative estimate of drug-likeness (QED) is 0.366. The van der Waals surface area contributed by atoms with Crippen LogP contribution in [0, 0.1) is 0 Å². The summed E-state index contributed by atoms with van der Waals surface area (Å²) in [6, 6.07) is 14.3. The van der Waals surface area contributed by atoms with Gasteiger partial charge in [-0.25, -0.2) is 8.42 Å². The lowest BCUT2D eigenvalue weighted by Crippen LogP contribution is -2.42. The van der Waals surface area contributed by atoms with Gasteiger partial charge in [-0.3, -0.25) is 4.79 Å². The Morgan fingerprint density at radius 2 is 1.39 bits per heavy atom. The van der Waals surface area contributed by atoms with E-state index in [4.69, 9.17) is 14.2 Å². The Balaban J connectivity index is 2.40. The molecule has 0 N–H and O–H groups in total. The number of ether oxygens (including phenoxy) is 3. The molecule has 0 spiro atoms. The number of benzene rings is 2. The molecule has 31 heavy (non-hydrogen) atoms. The van der Waals surface area contributed by atoms with Crippen LogP contribution in [-0.4, -0.2) is 45.3 Å². The highest BCUT2D eigenvalue weighted by Gasteiger charge is 2.38. The van der Waals surface area contributed by atoms with E-state index in [0.717, 1.165) is 11.1 Å². The van der Waals surface area contributed by atoms with Crippen LogP contribution >= 0.6 is 0 Å². The monoisotopic (exact) mass is 447 g/mol. The second-order valence-corrected chi connectivity index (χ2v) is 9.00. The van der Waals surface area contributed by atoms with Gasteiger partial charge in [0, 0.05) is 13.1 Å². The fourth-order valence-corrected chi connectivity index (χ4v) is 4.87. The van der Waals surface area contributed by atoms with E-state index < -0.39 is 21.2 Å². The highest BCUT2D eigenvalue weighted by atomic mass is 32.2. The third kappa shape index (κ3) is 6.57. The molecule has 0 aliphatic carbocycles. The first kappa shape index (κ1) is 24.4. The maximum Gasteiger partial charge on any atom is 0.325 e. The van der Waals surface area contributed by atoms with Gasteiger partial charge in [-0.1, -0.05) is 30.3 Å². The number of rotatable bonds is 12. The normalized spacial score (nSPS) is 12.3. The van der Waals surface area contributed by atoms with Crippen LogP contribution < -0.4 is 9.47 Å². The summed E-state index contributed by atoms with van der Waals surface area (Å²) in [4.78, 5) is 12.3. The van der Waals surface area contributed by atoms with Crippen LogP contribution in [0.3, 0.4) is 0 Å². The van der Waals surface area contributed by atoms with Crippen LogP contribution in [0.1, 0.15) is 24.0 Å². The van der Waals surface area contributed by atoms with E-state index in [1.165, 1.54) is 11.4 Å². The van der Waals surface area contributed by atoms with Gasteiger partial charge in [0.2, 0.25) is 10.0 Å². The molecule has 7 nitrogen and oxygen atoms in total. The fourth-order valence-electron chi connectivity index (χ4n) is 3.07. The first-order chi connectivity index (χ1) is 14.8. The van der Waals surface area contributed by atoms with Crippen molar-refractivity contribution in [2.45, 2.75) is 31.2 Å². The Morgan fingerprint density at radius 3 is 1.74 bits per heavy atom. The summed E-state index contributed by atoms with van der Waals surface area (Å²) in [5.41, 5.74) is 1.54. The van der Waals surface area contributed by atoms with Crippen LogP contribution in [0.5, 0.6) is 11.5 Å². The van der Waals surface area contributed by atoms with E-state index in [0.29, 0.717) is 17.9 Å². The van der Waals surface area contributed by atoms with Crippen molar-refractivity contribution in [3.8, 4) is 11.5 Å². The number of carbonyl (C=O) groups is 1. The zero-order chi connectivity index (χ0) is 22.9. The second kappa shape index (κ2) is 11.5. The maximum atomic E-state index is 13.5. The zero-order valence-electron chi connectivity index (χ0n) is 18.1. The van der Waals surface area contributed by atoms with Gasteiger partial charge in [0.15, 0.2) is 5.25 Å². The van der Waals surface area contributed by atoms with Gasteiger partial charge in [0.25, 0.3) is 0 Å². The summed E-state index contributed by atoms with van der Waals surface area (Å²) in [5.74, 6) is 0.565. The van der Waals surface area contributed by atoms with Gasteiger partial charge in [0.05, 0.1) is 21.3 Å². The molecule has 0 fully saturated rings. The molecule has 0 saturated carbocycles. The predicted molar refractivity (Wildman–Crippen MR) is 119 cm³/mol. The first-order valence-electron chi connectivity index (χ1n) is 9.79. The summed E-state index contributed by atoms with van der Waals surface area (Å²) in [6.45, 7) is 3.82. The Kier molecular flexibility index (Phi) is 9.08. The average molecular weight is 448 g/mol. The molecule has 0 saturated heterocycles. The number of methoxy groups -OCH3 is 3. The van der Waals surface area contributed by atoms with Crippen molar-refractivity contribution in [3.05, 3.63) is 72.3 Å². The number of nitrogens with zero attached hydrogens (tertiary/aromatic N) is 1. The topological polar surface area (TPSA) is 82.1 Å². The molecule has 0 aliphatic heterocycles. The number of carbonyl (C=O) groups excluding carboxylic acids is 1. The number of sulfonamides is 1. The summed E-state index contributed by atoms with van der Waals surface area (Å²) in [7, 11) is 0.296. The number of hydrogen-bond acceptors (Lipinski definition) is 6. The van der Waals surface area contributed by atoms with E-state index >= 15 is 0 Å². The zero-order valence-corrected chi connectivity index (χ0v) is 18.9. The van der Waals surface area contributed by atoms with Crippen LogP contribution in [0.25, 0.3) is 0 Å². The van der Waals surface area contributed by atoms with E-state index in [-0.39, 0.29) is 19.5 Å². The highest BCUT2D eigenvalue weighted by Crippen LogP contribution is 2.23. The molecule has 0 radical (unpaired) electrons. The Morgan fingerprint density at radius 1 is 0.935 bits per heavy atom. The van der Waals surface area contributed by atoms with E-state index in [1.807, 2.05) is 0 Å². The largest absolute Gasteiger partial charge is 0.497 e. The molecule has 8 heteroatoms. The summed E-state index contributed by atoms with van der Waals surface area (Å²) < 4.78 is 43.5. The van der Waals surface area contributed by atoms with Gasteiger partial charge in [0.1, 0.15) is 11.5 Å².